The molecule has 4 rings (SSSR count). The van der Waals surface area contributed by atoms with Gasteiger partial charge in [-0.2, -0.15) is 0 Å². The number of aryl methyl sites for hydroxylation is 2. The molecule has 0 aromatic heterocycles. The van der Waals surface area contributed by atoms with Gasteiger partial charge in [-0.05, 0) is 65.5 Å². The second-order valence-corrected chi connectivity index (χ2v) is 11.4. The average Bonchev–Trinajstić information content (AvgIpc) is 3.01. The Morgan fingerprint density at radius 1 is 0.600 bits per heavy atom. The largest absolute Gasteiger partial charge is 0.0830 e. The molecule has 0 heteroatoms. The fourth-order valence-corrected chi connectivity index (χ4v) is 5.70. The fraction of sp³-hybridized carbons (Fsp3) is 0.350. The van der Waals surface area contributed by atoms with Crippen LogP contribution in [-0.2, 0) is 18.3 Å². The van der Waals surface area contributed by atoms with Crippen LogP contribution < -0.4 is 0 Å². The predicted octanol–water partition coefficient (Wildman–Crippen LogP) is 11.5. The van der Waals surface area contributed by atoms with Crippen LogP contribution in [0.25, 0.3) is 12.2 Å². The van der Waals surface area contributed by atoms with Crippen LogP contribution in [0.1, 0.15) is 99.5 Å². The highest BCUT2D eigenvalue weighted by molar-refractivity contribution is 5.63. The zero-order chi connectivity index (χ0) is 27.9. The number of allylic oxidation sites excluding steroid dienone is 6. The smallest absolute Gasteiger partial charge is 0.0419 e. The van der Waals surface area contributed by atoms with Crippen LogP contribution in [0.4, 0.5) is 0 Å². The summed E-state index contributed by atoms with van der Waals surface area (Å²) in [6.45, 7) is 4.55. The molecule has 1 atom stereocenters. The quantitative estimate of drug-likeness (QED) is 0.172. The Morgan fingerprint density at radius 2 is 1.18 bits per heavy atom. The summed E-state index contributed by atoms with van der Waals surface area (Å²) in [5, 5.41) is 0. The highest BCUT2D eigenvalue weighted by atomic mass is 14.3. The first-order chi connectivity index (χ1) is 19.7. The molecule has 0 spiro atoms. The Kier molecular flexibility index (Phi) is 11.9. The highest BCUT2D eigenvalue weighted by Crippen LogP contribution is 2.41. The third-order valence-corrected chi connectivity index (χ3v) is 8.27. The molecular weight excluding hydrogens is 480 g/mol. The van der Waals surface area contributed by atoms with E-state index in [0.717, 1.165) is 6.42 Å². The lowest BCUT2D eigenvalue weighted by atomic mass is 9.69. The minimum absolute atomic E-state index is 0.190. The van der Waals surface area contributed by atoms with E-state index in [-0.39, 0.29) is 5.41 Å². The maximum Gasteiger partial charge on any atom is 0.0419 e. The molecule has 1 aliphatic rings. The summed E-state index contributed by atoms with van der Waals surface area (Å²) in [5.74, 6) is 0. The van der Waals surface area contributed by atoms with Gasteiger partial charge in [0.1, 0.15) is 0 Å². The van der Waals surface area contributed by atoms with Crippen LogP contribution >= 0.6 is 0 Å². The molecule has 1 aliphatic carbocycles. The van der Waals surface area contributed by atoms with Crippen molar-refractivity contribution in [3.8, 4) is 0 Å². The first-order valence-electron chi connectivity index (χ1n) is 15.7. The fourth-order valence-electron chi connectivity index (χ4n) is 5.70. The van der Waals surface area contributed by atoms with E-state index in [1.807, 2.05) is 0 Å². The minimum Gasteiger partial charge on any atom is -0.0830 e. The molecular formula is C40H48. The first kappa shape index (κ1) is 29.6. The standard InChI is InChI=1S/C40H48/c1-3-5-7-10-16-34-21-25-36(26-22-34)29-30-39-20-14-15-32-40(39,38-18-12-9-13-19-38)33-31-37-27-23-35(24-28-37)17-11-8-6-4-2/h9,12-15,18-31,33H,3-8,10-11,16-17,32H2,1-2H3/b30-29+,33-31+. The molecule has 40 heavy (non-hydrogen) atoms. The number of unbranched alkanes of at least 4 members (excludes halogenated alkanes) is 6. The molecule has 0 nitrogen and oxygen atoms in total. The van der Waals surface area contributed by atoms with Crippen molar-refractivity contribution in [2.75, 3.05) is 0 Å². The van der Waals surface area contributed by atoms with Crippen LogP contribution in [0.3, 0.4) is 0 Å². The zero-order valence-electron chi connectivity index (χ0n) is 24.8. The lowest BCUT2D eigenvalue weighted by Crippen LogP contribution is -2.26. The topological polar surface area (TPSA) is 0 Å². The SMILES string of the molecule is CCCCCCc1ccc(/C=C/C2=CC=CCC2(/C=C/c2ccc(CCCCCC)cc2)c2ccccc2)cc1. The summed E-state index contributed by atoms with van der Waals surface area (Å²) in [7, 11) is 0. The van der Waals surface area contributed by atoms with Crippen molar-refractivity contribution in [3.05, 3.63) is 143 Å². The number of benzene rings is 3. The molecule has 0 aliphatic heterocycles. The van der Waals surface area contributed by atoms with Gasteiger partial charge in [0.05, 0.1) is 0 Å². The summed E-state index contributed by atoms with van der Waals surface area (Å²) in [5.41, 5.74) is 7.89. The molecule has 3 aromatic carbocycles. The van der Waals surface area contributed by atoms with E-state index in [4.69, 9.17) is 0 Å². The maximum atomic E-state index is 2.43. The summed E-state index contributed by atoms with van der Waals surface area (Å²) in [4.78, 5) is 0. The molecule has 0 saturated heterocycles. The van der Waals surface area contributed by atoms with Crippen LogP contribution in [0.5, 0.6) is 0 Å². The van der Waals surface area contributed by atoms with Gasteiger partial charge in [-0.15, -0.1) is 0 Å². The third kappa shape index (κ3) is 8.56. The van der Waals surface area contributed by atoms with Gasteiger partial charge in [-0.3, -0.25) is 0 Å². The second kappa shape index (κ2) is 16.0. The van der Waals surface area contributed by atoms with Crippen molar-refractivity contribution in [2.45, 2.75) is 89.9 Å². The maximum absolute atomic E-state index is 2.43. The molecule has 0 radical (unpaired) electrons. The molecule has 1 unspecified atom stereocenters. The Morgan fingerprint density at radius 3 is 1.75 bits per heavy atom. The van der Waals surface area contributed by atoms with Gasteiger partial charge in [-0.25, -0.2) is 0 Å². The molecule has 0 bridgehead atoms. The van der Waals surface area contributed by atoms with Crippen molar-refractivity contribution in [1.82, 2.24) is 0 Å². The Hall–Kier alpha value is -3.38. The number of rotatable bonds is 15. The van der Waals surface area contributed by atoms with Crippen LogP contribution in [0, 0.1) is 0 Å². The Bertz CT molecular complexity index is 1250. The van der Waals surface area contributed by atoms with E-state index in [9.17, 15) is 0 Å². The van der Waals surface area contributed by atoms with Crippen LogP contribution in [0.15, 0.2) is 115 Å². The molecule has 0 heterocycles. The summed E-state index contributed by atoms with van der Waals surface area (Å²) < 4.78 is 0. The van der Waals surface area contributed by atoms with E-state index in [0.29, 0.717) is 0 Å². The molecule has 208 valence electrons. The Labute approximate surface area is 244 Å². The highest BCUT2D eigenvalue weighted by Gasteiger charge is 2.32. The van der Waals surface area contributed by atoms with Crippen molar-refractivity contribution in [1.29, 1.82) is 0 Å². The van der Waals surface area contributed by atoms with Crippen LogP contribution in [-0.4, -0.2) is 0 Å². The van der Waals surface area contributed by atoms with Crippen molar-refractivity contribution in [2.24, 2.45) is 0 Å². The summed E-state index contributed by atoms with van der Waals surface area (Å²) in [6, 6.07) is 29.3. The Balaban J connectivity index is 1.52. The van der Waals surface area contributed by atoms with Gasteiger partial charge in [0, 0.05) is 5.41 Å². The molecule has 0 N–H and O–H groups in total. The minimum atomic E-state index is -0.190. The molecule has 3 aromatic rings. The van der Waals surface area contributed by atoms with Gasteiger partial charge < -0.3 is 0 Å². The van der Waals surface area contributed by atoms with Gasteiger partial charge in [0.2, 0.25) is 0 Å². The van der Waals surface area contributed by atoms with Crippen molar-refractivity contribution in [3.63, 3.8) is 0 Å². The van der Waals surface area contributed by atoms with Gasteiger partial charge >= 0.3 is 0 Å². The number of hydrogen-bond donors (Lipinski definition) is 0. The van der Waals surface area contributed by atoms with Gasteiger partial charge in [0.15, 0.2) is 0 Å². The second-order valence-electron chi connectivity index (χ2n) is 11.4. The van der Waals surface area contributed by atoms with Crippen molar-refractivity contribution < 1.29 is 0 Å². The zero-order valence-corrected chi connectivity index (χ0v) is 24.8. The van der Waals surface area contributed by atoms with Gasteiger partial charge in [0.25, 0.3) is 0 Å². The third-order valence-electron chi connectivity index (χ3n) is 8.27. The molecule has 0 fully saturated rings. The van der Waals surface area contributed by atoms with Gasteiger partial charge in [-0.1, -0.05) is 174 Å². The average molecular weight is 529 g/mol. The normalized spacial score (nSPS) is 17.1. The van der Waals surface area contributed by atoms with E-state index in [1.54, 1.807) is 0 Å². The van der Waals surface area contributed by atoms with E-state index >= 15 is 0 Å². The first-order valence-corrected chi connectivity index (χ1v) is 15.7. The molecule has 0 amide bonds. The predicted molar refractivity (Wildman–Crippen MR) is 177 cm³/mol. The molecule has 0 saturated carbocycles. The summed E-state index contributed by atoms with van der Waals surface area (Å²) >= 11 is 0. The summed E-state index contributed by atoms with van der Waals surface area (Å²) in [6.07, 6.45) is 30.0. The lowest BCUT2D eigenvalue weighted by molar-refractivity contribution is 0.649. The number of hydrogen-bond acceptors (Lipinski definition) is 0. The van der Waals surface area contributed by atoms with E-state index in [1.165, 1.54) is 97.6 Å². The lowest BCUT2D eigenvalue weighted by Gasteiger charge is -2.34. The van der Waals surface area contributed by atoms with Crippen LogP contribution in [0.2, 0.25) is 0 Å². The van der Waals surface area contributed by atoms with E-state index < -0.39 is 0 Å². The van der Waals surface area contributed by atoms with E-state index in [2.05, 4.69) is 135 Å². The van der Waals surface area contributed by atoms with Crippen molar-refractivity contribution >= 4 is 12.2 Å². The monoisotopic (exact) mass is 528 g/mol.